The fourth-order valence-corrected chi connectivity index (χ4v) is 1.75. The highest BCUT2D eigenvalue weighted by atomic mass is 19.1. The molecule has 0 radical (unpaired) electrons. The molecule has 1 aliphatic rings. The van der Waals surface area contributed by atoms with Gasteiger partial charge in [-0.3, -0.25) is 0 Å². The van der Waals surface area contributed by atoms with E-state index >= 15 is 0 Å². The predicted octanol–water partition coefficient (Wildman–Crippen LogP) is 2.73. The lowest BCUT2D eigenvalue weighted by Crippen LogP contribution is -2.23. The molecule has 15 heavy (non-hydrogen) atoms. The number of rotatable bonds is 1. The van der Waals surface area contributed by atoms with Crippen molar-refractivity contribution < 1.29 is 8.78 Å². The third kappa shape index (κ3) is 2.63. The lowest BCUT2D eigenvalue weighted by molar-refractivity contribution is 0.595. The molecular formula is C12H13F2N. The van der Waals surface area contributed by atoms with Crippen molar-refractivity contribution in [3.05, 3.63) is 41.0 Å². The first-order valence-electron chi connectivity index (χ1n) is 5.11. The van der Waals surface area contributed by atoms with Crippen LogP contribution in [0.25, 0.3) is 6.08 Å². The molecule has 1 aromatic carbocycles. The minimum Gasteiger partial charge on any atom is -0.313 e. The van der Waals surface area contributed by atoms with E-state index in [4.69, 9.17) is 0 Å². The average Bonchev–Trinajstić information content (AvgIpc) is 2.25. The van der Waals surface area contributed by atoms with Crippen molar-refractivity contribution in [2.45, 2.75) is 12.8 Å². The Balaban J connectivity index is 2.25. The molecule has 0 unspecified atom stereocenters. The van der Waals surface area contributed by atoms with Crippen LogP contribution in [0.4, 0.5) is 8.78 Å². The van der Waals surface area contributed by atoms with E-state index in [1.807, 2.05) is 0 Å². The van der Waals surface area contributed by atoms with E-state index in [0.717, 1.165) is 43.6 Å². The van der Waals surface area contributed by atoms with Gasteiger partial charge in [-0.1, -0.05) is 11.6 Å². The van der Waals surface area contributed by atoms with Crippen molar-refractivity contribution in [1.82, 2.24) is 5.32 Å². The molecule has 0 bridgehead atoms. The molecule has 2 rings (SSSR count). The number of piperidine rings is 1. The van der Waals surface area contributed by atoms with Gasteiger partial charge in [0, 0.05) is 12.1 Å². The molecule has 0 spiro atoms. The van der Waals surface area contributed by atoms with Crippen molar-refractivity contribution in [1.29, 1.82) is 0 Å². The fourth-order valence-electron chi connectivity index (χ4n) is 1.75. The van der Waals surface area contributed by atoms with Crippen LogP contribution in [0.3, 0.4) is 0 Å². The summed E-state index contributed by atoms with van der Waals surface area (Å²) in [6.45, 7) is 1.78. The highest BCUT2D eigenvalue weighted by Gasteiger charge is 2.06. The van der Waals surface area contributed by atoms with Gasteiger partial charge in [-0.25, -0.2) is 8.78 Å². The van der Waals surface area contributed by atoms with Crippen molar-refractivity contribution in [3.63, 3.8) is 0 Å². The van der Waals surface area contributed by atoms with Gasteiger partial charge in [0.1, 0.15) is 11.6 Å². The summed E-state index contributed by atoms with van der Waals surface area (Å²) in [7, 11) is 0. The summed E-state index contributed by atoms with van der Waals surface area (Å²) >= 11 is 0. The van der Waals surface area contributed by atoms with Gasteiger partial charge in [0.05, 0.1) is 0 Å². The summed E-state index contributed by atoms with van der Waals surface area (Å²) in [6.07, 6.45) is 3.76. The molecule has 3 heteroatoms. The molecule has 1 N–H and O–H groups in total. The average molecular weight is 209 g/mol. The van der Waals surface area contributed by atoms with E-state index in [-0.39, 0.29) is 5.82 Å². The maximum atomic E-state index is 13.3. The number of benzene rings is 1. The predicted molar refractivity (Wildman–Crippen MR) is 56.4 cm³/mol. The van der Waals surface area contributed by atoms with Crippen LogP contribution in [0.2, 0.25) is 0 Å². The van der Waals surface area contributed by atoms with Crippen LogP contribution in [-0.4, -0.2) is 13.1 Å². The SMILES string of the molecule is Fc1ccc(F)c(C=C2CCCNC2)c1. The van der Waals surface area contributed by atoms with E-state index in [1.54, 1.807) is 6.08 Å². The van der Waals surface area contributed by atoms with Gasteiger partial charge in [0.15, 0.2) is 0 Å². The van der Waals surface area contributed by atoms with E-state index in [0.29, 0.717) is 5.56 Å². The Bertz CT molecular complexity index is 377. The summed E-state index contributed by atoms with van der Waals surface area (Å²) < 4.78 is 26.2. The quantitative estimate of drug-likeness (QED) is 0.749. The molecule has 1 nitrogen and oxygen atoms in total. The standard InChI is InChI=1S/C12H13F2N/c13-11-3-4-12(14)10(7-11)6-9-2-1-5-15-8-9/h3-4,6-7,15H,1-2,5,8H2. The van der Waals surface area contributed by atoms with E-state index in [2.05, 4.69) is 5.32 Å². The third-order valence-corrected chi connectivity index (χ3v) is 2.52. The molecule has 0 aliphatic carbocycles. The normalized spacial score (nSPS) is 19.5. The van der Waals surface area contributed by atoms with Crippen LogP contribution in [0.1, 0.15) is 18.4 Å². The van der Waals surface area contributed by atoms with Gasteiger partial charge in [-0.05, 0) is 37.6 Å². The first-order valence-corrected chi connectivity index (χ1v) is 5.11. The lowest BCUT2D eigenvalue weighted by Gasteiger charge is -2.15. The summed E-state index contributed by atoms with van der Waals surface area (Å²) in [5.74, 6) is -0.763. The van der Waals surface area contributed by atoms with Crippen molar-refractivity contribution >= 4 is 6.08 Å². The van der Waals surface area contributed by atoms with Gasteiger partial charge in [-0.15, -0.1) is 0 Å². The van der Waals surface area contributed by atoms with E-state index in [9.17, 15) is 8.78 Å². The molecule has 1 saturated heterocycles. The molecule has 0 aromatic heterocycles. The zero-order valence-electron chi connectivity index (χ0n) is 8.39. The summed E-state index contributed by atoms with van der Waals surface area (Å²) in [5, 5.41) is 3.20. The highest BCUT2D eigenvalue weighted by Crippen LogP contribution is 2.17. The number of hydrogen-bond donors (Lipinski definition) is 1. The van der Waals surface area contributed by atoms with Crippen LogP contribution in [0.15, 0.2) is 23.8 Å². The van der Waals surface area contributed by atoms with Crippen molar-refractivity contribution in [3.8, 4) is 0 Å². The Morgan fingerprint density at radius 1 is 1.27 bits per heavy atom. The van der Waals surface area contributed by atoms with Gasteiger partial charge >= 0.3 is 0 Å². The Morgan fingerprint density at radius 3 is 2.87 bits per heavy atom. The van der Waals surface area contributed by atoms with Crippen molar-refractivity contribution in [2.24, 2.45) is 0 Å². The monoisotopic (exact) mass is 209 g/mol. The summed E-state index contributed by atoms with van der Waals surface area (Å²) in [5.41, 5.74) is 1.47. The summed E-state index contributed by atoms with van der Waals surface area (Å²) in [4.78, 5) is 0. The Morgan fingerprint density at radius 2 is 2.13 bits per heavy atom. The van der Waals surface area contributed by atoms with Crippen LogP contribution >= 0.6 is 0 Å². The zero-order valence-corrected chi connectivity index (χ0v) is 8.39. The summed E-state index contributed by atoms with van der Waals surface area (Å²) in [6, 6.07) is 3.53. The van der Waals surface area contributed by atoms with Gasteiger partial charge in [-0.2, -0.15) is 0 Å². The lowest BCUT2D eigenvalue weighted by atomic mass is 10.0. The Hall–Kier alpha value is -1.22. The van der Waals surface area contributed by atoms with Gasteiger partial charge in [0.2, 0.25) is 0 Å². The molecular weight excluding hydrogens is 196 g/mol. The maximum absolute atomic E-state index is 13.3. The fraction of sp³-hybridized carbons (Fsp3) is 0.333. The highest BCUT2D eigenvalue weighted by molar-refractivity contribution is 5.54. The van der Waals surface area contributed by atoms with Crippen LogP contribution in [0.5, 0.6) is 0 Å². The second-order valence-electron chi connectivity index (χ2n) is 3.75. The molecule has 0 saturated carbocycles. The molecule has 1 aliphatic heterocycles. The zero-order chi connectivity index (χ0) is 10.7. The van der Waals surface area contributed by atoms with Gasteiger partial charge in [0.25, 0.3) is 0 Å². The topological polar surface area (TPSA) is 12.0 Å². The minimum absolute atomic E-state index is 0.341. The van der Waals surface area contributed by atoms with Gasteiger partial charge < -0.3 is 5.32 Å². The van der Waals surface area contributed by atoms with Crippen LogP contribution < -0.4 is 5.32 Å². The molecule has 1 heterocycles. The number of nitrogens with one attached hydrogen (secondary N) is 1. The molecule has 1 fully saturated rings. The number of halogens is 2. The number of hydrogen-bond acceptors (Lipinski definition) is 1. The largest absolute Gasteiger partial charge is 0.313 e. The first kappa shape index (κ1) is 10.3. The second-order valence-corrected chi connectivity index (χ2v) is 3.75. The second kappa shape index (κ2) is 4.53. The van der Waals surface area contributed by atoms with Crippen LogP contribution in [0, 0.1) is 11.6 Å². The maximum Gasteiger partial charge on any atom is 0.130 e. The van der Waals surface area contributed by atoms with E-state index in [1.165, 1.54) is 6.07 Å². The molecule has 0 atom stereocenters. The molecule has 0 amide bonds. The Labute approximate surface area is 87.8 Å². The Kier molecular flexibility index (Phi) is 3.11. The minimum atomic E-state index is -0.396. The van der Waals surface area contributed by atoms with Crippen LogP contribution in [-0.2, 0) is 0 Å². The van der Waals surface area contributed by atoms with Crippen molar-refractivity contribution in [2.75, 3.05) is 13.1 Å². The molecule has 80 valence electrons. The first-order chi connectivity index (χ1) is 7.25. The van der Waals surface area contributed by atoms with E-state index < -0.39 is 5.82 Å². The third-order valence-electron chi connectivity index (χ3n) is 2.52. The smallest absolute Gasteiger partial charge is 0.130 e. The molecule has 1 aromatic rings.